The van der Waals surface area contributed by atoms with Gasteiger partial charge in [0.25, 0.3) is 5.91 Å². The zero-order valence-corrected chi connectivity index (χ0v) is 20.1. The Morgan fingerprint density at radius 3 is 2.55 bits per heavy atom. The highest BCUT2D eigenvalue weighted by Crippen LogP contribution is 2.44. The highest BCUT2D eigenvalue weighted by Gasteiger charge is 2.33. The summed E-state index contributed by atoms with van der Waals surface area (Å²) in [6.07, 6.45) is 5.80. The molecule has 0 saturated carbocycles. The van der Waals surface area contributed by atoms with E-state index in [-0.39, 0.29) is 16.4 Å². The van der Waals surface area contributed by atoms with E-state index in [1.54, 1.807) is 18.2 Å². The molecule has 0 bridgehead atoms. The quantitative estimate of drug-likeness (QED) is 0.420. The molecule has 1 atom stereocenters. The largest absolute Gasteiger partial charge is 0.365 e. The minimum Gasteiger partial charge on any atom is -0.365 e. The van der Waals surface area contributed by atoms with E-state index in [4.69, 9.17) is 29.6 Å². The van der Waals surface area contributed by atoms with Gasteiger partial charge >= 0.3 is 0 Å². The van der Waals surface area contributed by atoms with E-state index in [9.17, 15) is 9.59 Å². The fourth-order valence-corrected chi connectivity index (χ4v) is 5.44. The van der Waals surface area contributed by atoms with Crippen molar-refractivity contribution in [3.05, 3.63) is 56.9 Å². The lowest BCUT2D eigenvalue weighted by Gasteiger charge is -2.33. The number of thiocarbonyl (C=S) groups is 1. The number of carbonyl (C=O) groups is 2. The molecule has 0 aliphatic heterocycles. The van der Waals surface area contributed by atoms with Crippen LogP contribution in [0, 0.1) is 11.3 Å². The number of halogens is 1. The van der Waals surface area contributed by atoms with Gasteiger partial charge in [0.15, 0.2) is 5.11 Å². The summed E-state index contributed by atoms with van der Waals surface area (Å²) in [5.41, 5.74) is 8.22. The molecule has 2 amide bonds. The first-order valence-corrected chi connectivity index (χ1v) is 11.6. The molecule has 5 nitrogen and oxygen atoms in total. The maximum absolute atomic E-state index is 12.2. The van der Waals surface area contributed by atoms with E-state index in [0.29, 0.717) is 21.5 Å². The summed E-state index contributed by atoms with van der Waals surface area (Å²) in [5, 5.41) is 6.97. The number of hydrogen-bond acceptors (Lipinski definition) is 4. The Morgan fingerprint density at radius 2 is 1.94 bits per heavy atom. The summed E-state index contributed by atoms with van der Waals surface area (Å²) >= 11 is 12.6. The summed E-state index contributed by atoms with van der Waals surface area (Å²) in [4.78, 5) is 25.5. The molecule has 2 aromatic rings. The Kier molecular flexibility index (Phi) is 7.19. The van der Waals surface area contributed by atoms with Crippen molar-refractivity contribution in [2.75, 3.05) is 5.32 Å². The first-order chi connectivity index (χ1) is 14.5. The molecule has 164 valence electrons. The van der Waals surface area contributed by atoms with Crippen molar-refractivity contribution in [1.29, 1.82) is 0 Å². The average Bonchev–Trinajstić information content (AvgIpc) is 3.03. The third-order valence-corrected chi connectivity index (χ3v) is 7.12. The van der Waals surface area contributed by atoms with E-state index in [1.165, 1.54) is 22.3 Å². The zero-order chi connectivity index (χ0) is 22.8. The minimum absolute atomic E-state index is 0.124. The van der Waals surface area contributed by atoms with Crippen LogP contribution in [0.1, 0.15) is 53.6 Å². The third-order valence-electron chi connectivity index (χ3n) is 5.50. The second-order valence-corrected chi connectivity index (χ2v) is 10.7. The van der Waals surface area contributed by atoms with Crippen molar-refractivity contribution in [3.63, 3.8) is 0 Å². The Morgan fingerprint density at radius 1 is 1.26 bits per heavy atom. The third kappa shape index (κ3) is 5.93. The molecule has 0 spiro atoms. The highest BCUT2D eigenvalue weighted by molar-refractivity contribution is 7.80. The molecule has 1 aromatic carbocycles. The standard InChI is InChI=1S/C23H26ClN3O2S2/c1-23(2,3)14-7-10-16-17(12-14)31-21(19(16)20(25)29)27-22(30)26-18(28)11-6-13-4-8-15(24)9-5-13/h4-6,8-9,11,14H,7,10,12H2,1-3H3,(H2,25,29)(H2,26,27,28,30)/b11-6+/t14-/m1/s1. The van der Waals surface area contributed by atoms with E-state index in [1.807, 2.05) is 12.1 Å². The maximum atomic E-state index is 12.2. The number of fused-ring (bicyclic) bond motifs is 1. The number of nitrogens with one attached hydrogen (secondary N) is 2. The Labute approximate surface area is 197 Å². The van der Waals surface area contributed by atoms with Gasteiger partial charge < -0.3 is 11.1 Å². The van der Waals surface area contributed by atoms with E-state index in [0.717, 1.165) is 30.4 Å². The van der Waals surface area contributed by atoms with E-state index < -0.39 is 5.91 Å². The highest BCUT2D eigenvalue weighted by atomic mass is 35.5. The number of rotatable bonds is 4. The van der Waals surface area contributed by atoms with E-state index in [2.05, 4.69) is 31.4 Å². The van der Waals surface area contributed by atoms with Crippen LogP contribution in [0.5, 0.6) is 0 Å². The normalized spacial score (nSPS) is 16.1. The molecular weight excluding hydrogens is 450 g/mol. The Hall–Kier alpha value is -2.22. The lowest BCUT2D eigenvalue weighted by Crippen LogP contribution is -2.33. The molecule has 31 heavy (non-hydrogen) atoms. The minimum atomic E-state index is -0.481. The average molecular weight is 476 g/mol. The van der Waals surface area contributed by atoms with Crippen LogP contribution in [0.3, 0.4) is 0 Å². The van der Waals surface area contributed by atoms with Crippen molar-refractivity contribution >= 4 is 63.2 Å². The first kappa shape index (κ1) is 23.4. The lowest BCUT2D eigenvalue weighted by molar-refractivity contribution is -0.115. The molecule has 1 aliphatic rings. The van der Waals surface area contributed by atoms with Gasteiger partial charge in [-0.05, 0) is 72.1 Å². The van der Waals surface area contributed by atoms with Crippen molar-refractivity contribution in [2.24, 2.45) is 17.1 Å². The monoisotopic (exact) mass is 475 g/mol. The van der Waals surface area contributed by atoms with Crippen LogP contribution in [-0.4, -0.2) is 16.9 Å². The van der Waals surface area contributed by atoms with Gasteiger partial charge in [-0.3, -0.25) is 14.9 Å². The number of benzene rings is 1. The SMILES string of the molecule is CC(C)(C)[C@@H]1CCc2c(sc(NC(=S)NC(=O)/C=C/c3ccc(Cl)cc3)c2C(N)=O)C1. The van der Waals surface area contributed by atoms with Crippen LogP contribution in [0.2, 0.25) is 5.02 Å². The zero-order valence-electron chi connectivity index (χ0n) is 17.8. The van der Waals surface area contributed by atoms with Crippen LogP contribution in [0.15, 0.2) is 30.3 Å². The number of carbonyl (C=O) groups excluding carboxylic acids is 2. The maximum Gasteiger partial charge on any atom is 0.251 e. The molecular formula is C23H26ClN3O2S2. The lowest BCUT2D eigenvalue weighted by atomic mass is 9.72. The molecule has 1 heterocycles. The molecule has 1 aromatic heterocycles. The van der Waals surface area contributed by atoms with Crippen molar-refractivity contribution < 1.29 is 9.59 Å². The topological polar surface area (TPSA) is 84.2 Å². The van der Waals surface area contributed by atoms with Gasteiger partial charge in [0.05, 0.1) is 5.56 Å². The fraction of sp³-hybridized carbons (Fsp3) is 0.348. The molecule has 0 saturated heterocycles. The summed E-state index contributed by atoms with van der Waals surface area (Å²) in [5.74, 6) is -0.315. The Bertz CT molecular complexity index is 1040. The van der Waals surface area contributed by atoms with Crippen LogP contribution >= 0.6 is 35.2 Å². The fourth-order valence-electron chi connectivity index (χ4n) is 3.71. The second kappa shape index (κ2) is 9.51. The van der Waals surface area contributed by atoms with Gasteiger partial charge in [0, 0.05) is 16.0 Å². The van der Waals surface area contributed by atoms with Gasteiger partial charge in [-0.2, -0.15) is 0 Å². The molecule has 0 fully saturated rings. The van der Waals surface area contributed by atoms with Gasteiger partial charge in [-0.25, -0.2) is 0 Å². The predicted octanol–water partition coefficient (Wildman–Crippen LogP) is 5.18. The van der Waals surface area contributed by atoms with E-state index >= 15 is 0 Å². The molecule has 0 radical (unpaired) electrons. The number of amides is 2. The predicted molar refractivity (Wildman–Crippen MR) is 133 cm³/mol. The number of hydrogen-bond donors (Lipinski definition) is 3. The van der Waals surface area contributed by atoms with Crippen molar-refractivity contribution in [3.8, 4) is 0 Å². The number of primary amides is 1. The van der Waals surface area contributed by atoms with Crippen LogP contribution in [0.4, 0.5) is 5.00 Å². The number of anilines is 1. The van der Waals surface area contributed by atoms with Crippen LogP contribution in [0.25, 0.3) is 6.08 Å². The Balaban J connectivity index is 1.69. The van der Waals surface area contributed by atoms with Gasteiger partial charge in [-0.1, -0.05) is 44.5 Å². The molecule has 8 heteroatoms. The van der Waals surface area contributed by atoms with Crippen LogP contribution < -0.4 is 16.4 Å². The van der Waals surface area contributed by atoms with Crippen LogP contribution in [-0.2, 0) is 17.6 Å². The number of thiophene rings is 1. The molecule has 3 rings (SSSR count). The van der Waals surface area contributed by atoms with Crippen molar-refractivity contribution in [1.82, 2.24) is 5.32 Å². The summed E-state index contributed by atoms with van der Waals surface area (Å²) in [7, 11) is 0. The first-order valence-electron chi connectivity index (χ1n) is 10.0. The molecule has 1 aliphatic carbocycles. The summed E-state index contributed by atoms with van der Waals surface area (Å²) in [6, 6.07) is 7.12. The van der Waals surface area contributed by atoms with Gasteiger partial charge in [-0.15, -0.1) is 11.3 Å². The van der Waals surface area contributed by atoms with Gasteiger partial charge in [0.2, 0.25) is 5.91 Å². The number of nitrogens with two attached hydrogens (primary N) is 1. The smallest absolute Gasteiger partial charge is 0.251 e. The van der Waals surface area contributed by atoms with Gasteiger partial charge in [0.1, 0.15) is 5.00 Å². The molecule has 4 N–H and O–H groups in total. The second-order valence-electron chi connectivity index (χ2n) is 8.71. The summed E-state index contributed by atoms with van der Waals surface area (Å²) in [6.45, 7) is 6.73. The summed E-state index contributed by atoms with van der Waals surface area (Å²) < 4.78 is 0. The molecule has 0 unspecified atom stereocenters. The van der Waals surface area contributed by atoms with Crippen molar-refractivity contribution in [2.45, 2.75) is 40.0 Å².